The van der Waals surface area contributed by atoms with Gasteiger partial charge in [0.15, 0.2) is 0 Å². The summed E-state index contributed by atoms with van der Waals surface area (Å²) in [6.07, 6.45) is 2.94. The van der Waals surface area contributed by atoms with E-state index in [1.165, 1.54) is 30.5 Å². The van der Waals surface area contributed by atoms with Crippen LogP contribution in [0.25, 0.3) is 0 Å². The predicted molar refractivity (Wildman–Crippen MR) is 67.8 cm³/mol. The topological polar surface area (TPSA) is 43.1 Å². The molecule has 0 radical (unpaired) electrons. The van der Waals surface area contributed by atoms with Gasteiger partial charge in [-0.1, -0.05) is 23.9 Å². The van der Waals surface area contributed by atoms with Gasteiger partial charge in [0.25, 0.3) is 5.69 Å². The van der Waals surface area contributed by atoms with Crippen LogP contribution in [0.1, 0.15) is 10.8 Å². The second-order valence-electron chi connectivity index (χ2n) is 3.23. The Bertz CT molecular complexity index is 398. The average molecular weight is 279 g/mol. The van der Waals surface area contributed by atoms with Crippen LogP contribution in [0, 0.1) is 10.1 Å². The van der Waals surface area contributed by atoms with E-state index in [9.17, 15) is 18.9 Å². The van der Waals surface area contributed by atoms with E-state index in [4.69, 9.17) is 0 Å². The molecule has 1 unspecified atom stereocenters. The SMILES string of the molecule is CSC(c1ccc([N+](=O)[O-])cc1)C(F)(F)SC. The summed E-state index contributed by atoms with van der Waals surface area (Å²) < 4.78 is 27.1. The van der Waals surface area contributed by atoms with Crippen LogP contribution < -0.4 is 0 Å². The minimum atomic E-state index is -2.89. The van der Waals surface area contributed by atoms with Crippen LogP contribution in [0.4, 0.5) is 14.5 Å². The first kappa shape index (κ1) is 14.2. The lowest BCUT2D eigenvalue weighted by atomic mass is 10.1. The minimum absolute atomic E-state index is 0.0962. The third kappa shape index (κ3) is 3.32. The maximum Gasteiger partial charge on any atom is 0.309 e. The summed E-state index contributed by atoms with van der Waals surface area (Å²) in [6, 6.07) is 5.25. The lowest BCUT2D eigenvalue weighted by Gasteiger charge is -2.23. The van der Waals surface area contributed by atoms with E-state index in [0.29, 0.717) is 17.3 Å². The van der Waals surface area contributed by atoms with Crippen LogP contribution in [-0.2, 0) is 0 Å². The summed E-state index contributed by atoms with van der Waals surface area (Å²) in [7, 11) is 0. The van der Waals surface area contributed by atoms with Gasteiger partial charge in [-0.25, -0.2) is 0 Å². The molecule has 0 heterocycles. The Morgan fingerprint density at radius 1 is 1.29 bits per heavy atom. The third-order valence-electron chi connectivity index (χ3n) is 2.22. The number of hydrogen-bond acceptors (Lipinski definition) is 4. The molecule has 1 atom stereocenters. The van der Waals surface area contributed by atoms with Gasteiger partial charge in [-0.05, 0) is 18.1 Å². The second-order valence-corrected chi connectivity index (χ2v) is 5.13. The molecule has 1 aromatic rings. The van der Waals surface area contributed by atoms with Crippen molar-refractivity contribution in [1.29, 1.82) is 0 Å². The molecule has 0 aromatic heterocycles. The van der Waals surface area contributed by atoms with Crippen LogP contribution >= 0.6 is 23.5 Å². The molecule has 1 rings (SSSR count). The summed E-state index contributed by atoms with van der Waals surface area (Å²) >= 11 is 1.51. The van der Waals surface area contributed by atoms with Gasteiger partial charge < -0.3 is 0 Å². The van der Waals surface area contributed by atoms with Gasteiger partial charge in [0.05, 0.1) is 4.92 Å². The lowest BCUT2D eigenvalue weighted by Crippen LogP contribution is -2.19. The second kappa shape index (κ2) is 5.68. The van der Waals surface area contributed by atoms with Crippen molar-refractivity contribution in [3.63, 3.8) is 0 Å². The lowest BCUT2D eigenvalue weighted by molar-refractivity contribution is -0.384. The maximum absolute atomic E-state index is 13.6. The van der Waals surface area contributed by atoms with Crippen LogP contribution in [0.2, 0.25) is 0 Å². The highest BCUT2D eigenvalue weighted by molar-refractivity contribution is 8.03. The first-order chi connectivity index (χ1) is 7.92. The van der Waals surface area contributed by atoms with E-state index in [2.05, 4.69) is 0 Å². The molecule has 0 aliphatic carbocycles. The fraction of sp³-hybridized carbons (Fsp3) is 0.400. The molecule has 0 saturated carbocycles. The number of thioether (sulfide) groups is 2. The number of benzene rings is 1. The molecule has 0 amide bonds. The Hall–Kier alpha value is -0.820. The van der Waals surface area contributed by atoms with Crippen molar-refractivity contribution in [2.45, 2.75) is 10.5 Å². The molecule has 7 heteroatoms. The first-order valence-corrected chi connectivity index (χ1v) is 7.13. The molecule has 3 nitrogen and oxygen atoms in total. The standard InChI is InChI=1S/C10H11F2NO2S2/c1-16-9(10(11,12)17-2)7-3-5-8(6-4-7)13(14)15/h3-6,9H,1-2H3. The van der Waals surface area contributed by atoms with E-state index < -0.39 is 15.4 Å². The van der Waals surface area contributed by atoms with Gasteiger partial charge in [0.2, 0.25) is 0 Å². The molecular formula is C10H11F2NO2S2. The number of non-ortho nitro benzene ring substituents is 1. The first-order valence-electron chi connectivity index (χ1n) is 4.62. The Kier molecular flexibility index (Phi) is 4.76. The number of nitro benzene ring substituents is 1. The Morgan fingerprint density at radius 3 is 2.18 bits per heavy atom. The molecule has 0 aliphatic rings. The minimum Gasteiger partial charge on any atom is -0.258 e. The Morgan fingerprint density at radius 2 is 1.82 bits per heavy atom. The van der Waals surface area contributed by atoms with Crippen molar-refractivity contribution in [2.24, 2.45) is 0 Å². The smallest absolute Gasteiger partial charge is 0.258 e. The fourth-order valence-electron chi connectivity index (χ4n) is 1.35. The predicted octanol–water partition coefficient (Wildman–Crippen LogP) is 3.95. The summed E-state index contributed by atoms with van der Waals surface area (Å²) in [4.78, 5) is 9.90. The maximum atomic E-state index is 13.6. The van der Waals surface area contributed by atoms with E-state index in [0.717, 1.165) is 11.8 Å². The molecule has 0 aliphatic heterocycles. The zero-order valence-electron chi connectivity index (χ0n) is 9.22. The summed E-state index contributed by atoms with van der Waals surface area (Å²) in [5.74, 6) is 0. The fourth-order valence-corrected chi connectivity index (χ4v) is 2.98. The van der Waals surface area contributed by atoms with Crippen molar-refractivity contribution in [2.75, 3.05) is 12.5 Å². The quantitative estimate of drug-likeness (QED) is 0.604. The van der Waals surface area contributed by atoms with Gasteiger partial charge in [0.1, 0.15) is 5.25 Å². The molecule has 0 bridgehead atoms. The van der Waals surface area contributed by atoms with Crippen LogP contribution in [0.5, 0.6) is 0 Å². The highest BCUT2D eigenvalue weighted by atomic mass is 32.2. The van der Waals surface area contributed by atoms with Crippen LogP contribution in [0.3, 0.4) is 0 Å². The number of alkyl halides is 2. The molecule has 0 N–H and O–H groups in total. The van der Waals surface area contributed by atoms with E-state index in [1.54, 1.807) is 6.26 Å². The number of halogens is 2. The van der Waals surface area contributed by atoms with Crippen molar-refractivity contribution in [1.82, 2.24) is 0 Å². The molecule has 17 heavy (non-hydrogen) atoms. The van der Waals surface area contributed by atoms with Crippen LogP contribution in [-0.4, -0.2) is 22.7 Å². The average Bonchev–Trinajstić information content (AvgIpc) is 2.30. The third-order valence-corrected chi connectivity index (χ3v) is 4.19. The Balaban J connectivity index is 3.01. The molecule has 0 fully saturated rings. The highest BCUT2D eigenvalue weighted by Gasteiger charge is 2.39. The molecule has 1 aromatic carbocycles. The summed E-state index contributed by atoms with van der Waals surface area (Å²) in [6.45, 7) is 0. The number of hydrogen-bond donors (Lipinski definition) is 0. The monoisotopic (exact) mass is 279 g/mol. The largest absolute Gasteiger partial charge is 0.309 e. The zero-order valence-corrected chi connectivity index (χ0v) is 10.9. The van der Waals surface area contributed by atoms with E-state index in [1.807, 2.05) is 0 Å². The van der Waals surface area contributed by atoms with Gasteiger partial charge in [-0.2, -0.15) is 8.78 Å². The molecular weight excluding hydrogens is 268 g/mol. The van der Waals surface area contributed by atoms with E-state index in [-0.39, 0.29) is 5.69 Å². The van der Waals surface area contributed by atoms with Gasteiger partial charge in [0, 0.05) is 12.1 Å². The molecule has 94 valence electrons. The summed E-state index contributed by atoms with van der Waals surface area (Å²) in [5.41, 5.74) is 0.295. The molecule has 0 spiro atoms. The van der Waals surface area contributed by atoms with Crippen LogP contribution in [0.15, 0.2) is 24.3 Å². The van der Waals surface area contributed by atoms with Crippen molar-refractivity contribution < 1.29 is 13.7 Å². The zero-order chi connectivity index (χ0) is 13.1. The van der Waals surface area contributed by atoms with Crippen molar-refractivity contribution in [3.05, 3.63) is 39.9 Å². The van der Waals surface area contributed by atoms with Gasteiger partial charge >= 0.3 is 5.25 Å². The number of nitrogens with zero attached hydrogens (tertiary/aromatic N) is 1. The van der Waals surface area contributed by atoms with Gasteiger partial charge in [-0.15, -0.1) is 11.8 Å². The Labute approximate surface area is 106 Å². The van der Waals surface area contributed by atoms with Gasteiger partial charge in [-0.3, -0.25) is 10.1 Å². The summed E-state index contributed by atoms with van der Waals surface area (Å²) in [5, 5.41) is 6.56. The van der Waals surface area contributed by atoms with Crippen molar-refractivity contribution >= 4 is 29.2 Å². The highest BCUT2D eigenvalue weighted by Crippen LogP contribution is 2.47. The number of rotatable bonds is 5. The number of nitro groups is 1. The van der Waals surface area contributed by atoms with E-state index >= 15 is 0 Å². The molecule has 0 saturated heterocycles. The van der Waals surface area contributed by atoms with Crippen molar-refractivity contribution in [3.8, 4) is 0 Å². The normalized spacial score (nSPS) is 13.4.